The van der Waals surface area contributed by atoms with Crippen molar-refractivity contribution < 1.29 is 27.9 Å². The van der Waals surface area contributed by atoms with Gasteiger partial charge in [0.05, 0.1) is 25.5 Å². The fraction of sp³-hybridized carbons (Fsp3) is 0.400. The van der Waals surface area contributed by atoms with Crippen molar-refractivity contribution in [2.45, 2.75) is 51.4 Å². The molecule has 32 heavy (non-hydrogen) atoms. The molecule has 2 heterocycles. The van der Waals surface area contributed by atoms with Crippen LogP contribution in [0.3, 0.4) is 0 Å². The van der Waals surface area contributed by atoms with E-state index in [1.54, 1.807) is 44.2 Å². The van der Waals surface area contributed by atoms with Crippen LogP contribution in [0.25, 0.3) is 11.0 Å². The molecule has 7 heteroatoms. The third kappa shape index (κ3) is 5.66. The predicted molar refractivity (Wildman–Crippen MR) is 117 cm³/mol. The topological polar surface area (TPSA) is 61.1 Å². The quantitative estimate of drug-likeness (QED) is 0.466. The Bertz CT molecular complexity index is 1060. The van der Waals surface area contributed by atoms with E-state index in [4.69, 9.17) is 18.7 Å². The van der Waals surface area contributed by atoms with Gasteiger partial charge in [-0.1, -0.05) is 18.2 Å². The van der Waals surface area contributed by atoms with Crippen LogP contribution in [-0.2, 0) is 20.9 Å². The number of carbonyl (C=O) groups is 1. The highest BCUT2D eigenvalue weighted by atomic mass is 19.1. The molecule has 2 atom stereocenters. The highest BCUT2D eigenvalue weighted by Gasteiger charge is 2.34. The van der Waals surface area contributed by atoms with Gasteiger partial charge >= 0.3 is 6.16 Å². The van der Waals surface area contributed by atoms with E-state index in [1.807, 2.05) is 24.3 Å². The lowest BCUT2D eigenvalue weighted by atomic mass is 9.87. The summed E-state index contributed by atoms with van der Waals surface area (Å²) in [5, 5.41) is 2.60. The number of fused-ring (bicyclic) bond motifs is 1. The summed E-state index contributed by atoms with van der Waals surface area (Å²) >= 11 is 0. The molecule has 1 aliphatic rings. The fourth-order valence-electron chi connectivity index (χ4n) is 3.91. The van der Waals surface area contributed by atoms with E-state index in [0.717, 1.165) is 22.1 Å². The van der Waals surface area contributed by atoms with Crippen molar-refractivity contribution in [3.05, 3.63) is 71.7 Å². The lowest BCUT2D eigenvalue weighted by molar-refractivity contribution is -0.179. The molecule has 1 aromatic heterocycles. The second-order valence-electron chi connectivity index (χ2n) is 9.03. The zero-order valence-electron chi connectivity index (χ0n) is 18.5. The van der Waals surface area contributed by atoms with Crippen LogP contribution >= 0.6 is 0 Å². The normalized spacial score (nSPS) is 19.8. The molecule has 1 saturated heterocycles. The molecule has 0 bridgehead atoms. The second kappa shape index (κ2) is 9.30. The minimum absolute atomic E-state index is 0.0479. The SMILES string of the molecule is CC(C)(C)OC(=O)ON1CCC(c2ccc(F)cc2)C(OCc2ccc3occc3c2)C1. The van der Waals surface area contributed by atoms with Gasteiger partial charge in [0.15, 0.2) is 0 Å². The largest absolute Gasteiger partial charge is 0.528 e. The Balaban J connectivity index is 1.47. The molecule has 170 valence electrons. The minimum Gasteiger partial charge on any atom is -0.464 e. The summed E-state index contributed by atoms with van der Waals surface area (Å²) in [5.74, 6) is -0.225. The van der Waals surface area contributed by atoms with Crippen molar-refractivity contribution in [1.29, 1.82) is 0 Å². The second-order valence-corrected chi connectivity index (χ2v) is 9.03. The average Bonchev–Trinajstić information content (AvgIpc) is 3.19. The van der Waals surface area contributed by atoms with Crippen LogP contribution in [0, 0.1) is 5.82 Å². The molecule has 3 aromatic rings. The summed E-state index contributed by atoms with van der Waals surface area (Å²) in [6.45, 7) is 6.68. The average molecular weight is 441 g/mol. The van der Waals surface area contributed by atoms with Gasteiger partial charge in [-0.2, -0.15) is 0 Å². The number of rotatable bonds is 5. The molecular weight excluding hydrogens is 413 g/mol. The standard InChI is InChI=1S/C25H28FNO5/c1-25(2,3)31-24(28)32-27-12-10-21(18-5-7-20(26)8-6-18)23(15-27)30-16-17-4-9-22-19(14-17)11-13-29-22/h4-9,11,13-14,21,23H,10,12,15-16H2,1-3H3. The van der Waals surface area contributed by atoms with Crippen LogP contribution in [0.4, 0.5) is 9.18 Å². The van der Waals surface area contributed by atoms with Crippen LogP contribution in [0.15, 0.2) is 59.2 Å². The molecule has 0 spiro atoms. The maximum absolute atomic E-state index is 13.4. The first-order chi connectivity index (χ1) is 15.3. The molecule has 1 fully saturated rings. The van der Waals surface area contributed by atoms with Crippen LogP contribution in [0.2, 0.25) is 0 Å². The number of hydroxylamine groups is 2. The summed E-state index contributed by atoms with van der Waals surface area (Å²) in [5.41, 5.74) is 2.21. The first-order valence-electron chi connectivity index (χ1n) is 10.8. The Morgan fingerprint density at radius 1 is 1.16 bits per heavy atom. The van der Waals surface area contributed by atoms with E-state index in [0.29, 0.717) is 26.1 Å². The highest BCUT2D eigenvalue weighted by molar-refractivity contribution is 5.77. The summed E-state index contributed by atoms with van der Waals surface area (Å²) in [7, 11) is 0. The number of carbonyl (C=O) groups excluding carboxylic acids is 1. The van der Waals surface area contributed by atoms with Crippen LogP contribution in [0.5, 0.6) is 0 Å². The van der Waals surface area contributed by atoms with Gasteiger partial charge in [0.25, 0.3) is 0 Å². The van der Waals surface area contributed by atoms with E-state index in [2.05, 4.69) is 0 Å². The van der Waals surface area contributed by atoms with Gasteiger partial charge in [-0.05, 0) is 68.7 Å². The Labute approximate surface area is 186 Å². The van der Waals surface area contributed by atoms with Crippen molar-refractivity contribution in [3.8, 4) is 0 Å². The number of ether oxygens (including phenoxy) is 2. The molecule has 0 amide bonds. The zero-order valence-corrected chi connectivity index (χ0v) is 18.5. The van der Waals surface area contributed by atoms with E-state index in [9.17, 15) is 9.18 Å². The predicted octanol–water partition coefficient (Wildman–Crippen LogP) is 5.81. The maximum Gasteiger partial charge on any atom is 0.528 e. The molecule has 0 aliphatic carbocycles. The minimum atomic E-state index is -0.734. The van der Waals surface area contributed by atoms with Crippen LogP contribution in [-0.4, -0.2) is 36.0 Å². The first-order valence-corrected chi connectivity index (χ1v) is 10.8. The lowest BCUT2D eigenvalue weighted by Crippen LogP contribution is -2.45. The number of nitrogens with zero attached hydrogens (tertiary/aromatic N) is 1. The maximum atomic E-state index is 13.4. The molecule has 2 aromatic carbocycles. The molecule has 0 N–H and O–H groups in total. The summed E-state index contributed by atoms with van der Waals surface area (Å²) in [6.07, 6.45) is 1.37. The highest BCUT2D eigenvalue weighted by Crippen LogP contribution is 2.32. The number of hydrogen-bond acceptors (Lipinski definition) is 6. The van der Waals surface area contributed by atoms with E-state index >= 15 is 0 Å². The fourth-order valence-corrected chi connectivity index (χ4v) is 3.91. The smallest absolute Gasteiger partial charge is 0.464 e. The molecule has 4 rings (SSSR count). The van der Waals surface area contributed by atoms with Gasteiger partial charge in [-0.3, -0.25) is 0 Å². The van der Waals surface area contributed by atoms with Crippen molar-refractivity contribution in [3.63, 3.8) is 0 Å². The van der Waals surface area contributed by atoms with Crippen molar-refractivity contribution >= 4 is 17.1 Å². The van der Waals surface area contributed by atoms with Crippen LogP contribution in [0.1, 0.15) is 44.2 Å². The van der Waals surface area contributed by atoms with E-state index < -0.39 is 11.8 Å². The number of halogens is 1. The monoisotopic (exact) mass is 441 g/mol. The Hall–Kier alpha value is -2.90. The number of piperidine rings is 1. The van der Waals surface area contributed by atoms with Gasteiger partial charge in [-0.15, -0.1) is 5.06 Å². The summed E-state index contributed by atoms with van der Waals surface area (Å²) < 4.78 is 30.4. The molecule has 0 saturated carbocycles. The zero-order chi connectivity index (χ0) is 22.7. The molecule has 1 aliphatic heterocycles. The van der Waals surface area contributed by atoms with Crippen molar-refractivity contribution in [1.82, 2.24) is 5.06 Å². The van der Waals surface area contributed by atoms with Crippen molar-refractivity contribution in [2.24, 2.45) is 0 Å². The van der Waals surface area contributed by atoms with E-state index in [1.165, 1.54) is 12.1 Å². The Morgan fingerprint density at radius 3 is 2.69 bits per heavy atom. The van der Waals surface area contributed by atoms with Crippen LogP contribution < -0.4 is 0 Å². The number of furan rings is 1. The van der Waals surface area contributed by atoms with E-state index in [-0.39, 0.29) is 17.8 Å². The number of hydrogen-bond donors (Lipinski definition) is 0. The third-order valence-corrected chi connectivity index (χ3v) is 5.39. The van der Waals surface area contributed by atoms with Gasteiger partial charge in [0.1, 0.15) is 17.0 Å². The first kappa shape index (κ1) is 22.3. The summed E-state index contributed by atoms with van der Waals surface area (Å²) in [6, 6.07) is 14.3. The molecule has 0 radical (unpaired) electrons. The Morgan fingerprint density at radius 2 is 1.94 bits per heavy atom. The van der Waals surface area contributed by atoms with Gasteiger partial charge in [-0.25, -0.2) is 9.18 Å². The van der Waals surface area contributed by atoms with Gasteiger partial charge < -0.3 is 18.7 Å². The molecule has 2 unspecified atom stereocenters. The Kier molecular flexibility index (Phi) is 6.48. The van der Waals surface area contributed by atoms with Gasteiger partial charge in [0.2, 0.25) is 0 Å². The summed E-state index contributed by atoms with van der Waals surface area (Å²) in [4.78, 5) is 17.5. The van der Waals surface area contributed by atoms with Gasteiger partial charge in [0, 0.05) is 17.8 Å². The lowest BCUT2D eigenvalue weighted by Gasteiger charge is -2.37. The third-order valence-electron chi connectivity index (χ3n) is 5.39. The van der Waals surface area contributed by atoms with Crippen molar-refractivity contribution in [2.75, 3.05) is 13.1 Å². The molecule has 6 nitrogen and oxygen atoms in total. The molecular formula is C25H28FNO5. The number of benzene rings is 2.